The van der Waals surface area contributed by atoms with Gasteiger partial charge >= 0.3 is 0 Å². The Morgan fingerprint density at radius 1 is 1.21 bits per heavy atom. The van der Waals surface area contributed by atoms with Crippen molar-refractivity contribution >= 4 is 0 Å². The van der Waals surface area contributed by atoms with Crippen molar-refractivity contribution in [1.29, 1.82) is 0 Å². The first-order valence-corrected chi connectivity index (χ1v) is 7.58. The van der Waals surface area contributed by atoms with Crippen molar-refractivity contribution in [3.05, 3.63) is 48.0 Å². The highest BCUT2D eigenvalue weighted by Crippen LogP contribution is 2.35. The first kappa shape index (κ1) is 14.3. The van der Waals surface area contributed by atoms with Crippen LogP contribution in [0, 0.1) is 0 Å². The molecule has 1 N–H and O–H groups in total. The van der Waals surface area contributed by atoms with Gasteiger partial charge in [-0.05, 0) is 38.7 Å². The minimum atomic E-state index is 0.277. The van der Waals surface area contributed by atoms with E-state index in [0.717, 1.165) is 6.42 Å². The number of benzene rings is 1. The zero-order chi connectivity index (χ0) is 13.7. The average molecular weight is 257 g/mol. The van der Waals surface area contributed by atoms with Crippen LogP contribution in [0.5, 0.6) is 0 Å². The van der Waals surface area contributed by atoms with Crippen LogP contribution in [0.1, 0.15) is 64.0 Å². The lowest BCUT2D eigenvalue weighted by Crippen LogP contribution is -2.48. The molecule has 1 fully saturated rings. The normalized spacial score (nSPS) is 19.9. The van der Waals surface area contributed by atoms with Crippen molar-refractivity contribution in [3.8, 4) is 0 Å². The fourth-order valence-corrected chi connectivity index (χ4v) is 3.46. The van der Waals surface area contributed by atoms with Crippen LogP contribution in [0.3, 0.4) is 0 Å². The van der Waals surface area contributed by atoms with Gasteiger partial charge in [-0.25, -0.2) is 0 Å². The molecule has 0 heterocycles. The number of hydrogen-bond acceptors (Lipinski definition) is 1. The third-order valence-electron chi connectivity index (χ3n) is 4.27. The van der Waals surface area contributed by atoms with Gasteiger partial charge in [-0.2, -0.15) is 0 Å². The first-order valence-electron chi connectivity index (χ1n) is 7.58. The van der Waals surface area contributed by atoms with Gasteiger partial charge in [0, 0.05) is 11.6 Å². The molecule has 0 bridgehead atoms. The molecule has 0 aromatic heterocycles. The van der Waals surface area contributed by atoms with Crippen LogP contribution in [0.2, 0.25) is 0 Å². The summed E-state index contributed by atoms with van der Waals surface area (Å²) in [6, 6.07) is 11.2. The van der Waals surface area contributed by atoms with E-state index in [0.29, 0.717) is 6.04 Å². The summed E-state index contributed by atoms with van der Waals surface area (Å²) in [5.74, 6) is 0. The molecule has 0 amide bonds. The third kappa shape index (κ3) is 3.94. The predicted molar refractivity (Wildman–Crippen MR) is 83.2 cm³/mol. The van der Waals surface area contributed by atoms with Gasteiger partial charge < -0.3 is 5.32 Å². The molecule has 0 unspecified atom stereocenters. The van der Waals surface area contributed by atoms with Crippen LogP contribution in [0.4, 0.5) is 0 Å². The molecule has 1 atom stereocenters. The van der Waals surface area contributed by atoms with Crippen LogP contribution in [-0.2, 0) is 0 Å². The number of nitrogens with one attached hydrogen (secondary N) is 1. The molecular formula is C18H27N. The van der Waals surface area contributed by atoms with Gasteiger partial charge in [-0.1, -0.05) is 55.2 Å². The van der Waals surface area contributed by atoms with Crippen molar-refractivity contribution in [3.63, 3.8) is 0 Å². The number of hydrogen-bond donors (Lipinski definition) is 1. The molecule has 2 rings (SSSR count). The van der Waals surface area contributed by atoms with Crippen molar-refractivity contribution in [2.45, 2.75) is 64.0 Å². The maximum absolute atomic E-state index is 4.13. The highest BCUT2D eigenvalue weighted by atomic mass is 15.0. The molecule has 0 radical (unpaired) electrons. The van der Waals surface area contributed by atoms with E-state index in [2.05, 4.69) is 56.1 Å². The van der Waals surface area contributed by atoms with Crippen molar-refractivity contribution < 1.29 is 0 Å². The van der Waals surface area contributed by atoms with E-state index >= 15 is 0 Å². The summed E-state index contributed by atoms with van der Waals surface area (Å²) in [6.07, 6.45) is 7.78. The van der Waals surface area contributed by atoms with E-state index in [4.69, 9.17) is 0 Å². The Hall–Kier alpha value is -1.08. The Morgan fingerprint density at radius 3 is 2.42 bits per heavy atom. The maximum Gasteiger partial charge on any atom is 0.0297 e. The lowest BCUT2D eigenvalue weighted by Gasteiger charge is -2.41. The molecular weight excluding hydrogens is 230 g/mol. The fraction of sp³-hybridized carbons (Fsp3) is 0.556. The topological polar surface area (TPSA) is 12.0 Å². The van der Waals surface area contributed by atoms with E-state index in [-0.39, 0.29) is 5.54 Å². The van der Waals surface area contributed by atoms with Crippen molar-refractivity contribution in [2.75, 3.05) is 0 Å². The van der Waals surface area contributed by atoms with Gasteiger partial charge in [0.25, 0.3) is 0 Å². The van der Waals surface area contributed by atoms with Crippen LogP contribution in [-0.4, -0.2) is 5.54 Å². The predicted octanol–water partition coefficient (Wildman–Crippen LogP) is 5.01. The summed E-state index contributed by atoms with van der Waals surface area (Å²) in [5, 5.41) is 3.92. The van der Waals surface area contributed by atoms with E-state index in [1.807, 2.05) is 0 Å². The summed E-state index contributed by atoms with van der Waals surface area (Å²) >= 11 is 0. The van der Waals surface area contributed by atoms with Gasteiger partial charge in [0.2, 0.25) is 0 Å². The fourth-order valence-electron chi connectivity index (χ4n) is 3.46. The summed E-state index contributed by atoms with van der Waals surface area (Å²) in [6.45, 7) is 8.57. The second-order valence-corrected chi connectivity index (χ2v) is 6.25. The highest BCUT2D eigenvalue weighted by Gasteiger charge is 2.32. The van der Waals surface area contributed by atoms with Crippen LogP contribution >= 0.6 is 0 Å². The van der Waals surface area contributed by atoms with Gasteiger partial charge in [0.15, 0.2) is 0 Å². The molecule has 104 valence electrons. The minimum absolute atomic E-state index is 0.277. The highest BCUT2D eigenvalue weighted by molar-refractivity contribution is 5.19. The van der Waals surface area contributed by atoms with Crippen LogP contribution in [0.15, 0.2) is 42.5 Å². The molecule has 0 aliphatic heterocycles. The quantitative estimate of drug-likeness (QED) is 0.731. The summed E-state index contributed by atoms with van der Waals surface area (Å²) < 4.78 is 0. The van der Waals surface area contributed by atoms with E-state index in [1.165, 1.54) is 43.2 Å². The van der Waals surface area contributed by atoms with E-state index in [1.54, 1.807) is 0 Å². The maximum atomic E-state index is 4.13. The monoisotopic (exact) mass is 257 g/mol. The Labute approximate surface area is 118 Å². The lowest BCUT2D eigenvalue weighted by atomic mass is 9.77. The summed E-state index contributed by atoms with van der Waals surface area (Å²) in [5.41, 5.74) is 2.96. The van der Waals surface area contributed by atoms with Gasteiger partial charge in [-0.3, -0.25) is 0 Å². The van der Waals surface area contributed by atoms with Crippen LogP contribution in [0.25, 0.3) is 0 Å². The molecule has 0 saturated heterocycles. The molecule has 1 heteroatoms. The third-order valence-corrected chi connectivity index (χ3v) is 4.27. The zero-order valence-electron chi connectivity index (χ0n) is 12.4. The second kappa shape index (κ2) is 6.38. The van der Waals surface area contributed by atoms with E-state index < -0.39 is 0 Å². The van der Waals surface area contributed by atoms with Crippen molar-refractivity contribution in [1.82, 2.24) is 5.32 Å². The SMILES string of the molecule is C=C(C)CC1(N[C@H](C)c2ccccc2)CCCCC1. The Balaban J connectivity index is 2.09. The lowest BCUT2D eigenvalue weighted by molar-refractivity contribution is 0.209. The molecule has 1 aliphatic carbocycles. The van der Waals surface area contributed by atoms with Gasteiger partial charge in [0.1, 0.15) is 0 Å². The first-order chi connectivity index (χ1) is 9.11. The molecule has 1 aromatic carbocycles. The largest absolute Gasteiger partial charge is 0.304 e. The summed E-state index contributed by atoms with van der Waals surface area (Å²) in [7, 11) is 0. The van der Waals surface area contributed by atoms with Crippen molar-refractivity contribution in [2.24, 2.45) is 0 Å². The Bertz CT molecular complexity index is 401. The van der Waals surface area contributed by atoms with Gasteiger partial charge in [-0.15, -0.1) is 6.58 Å². The van der Waals surface area contributed by atoms with E-state index in [9.17, 15) is 0 Å². The number of rotatable bonds is 5. The van der Waals surface area contributed by atoms with Crippen LogP contribution < -0.4 is 5.32 Å². The molecule has 19 heavy (non-hydrogen) atoms. The summed E-state index contributed by atoms with van der Waals surface area (Å²) in [4.78, 5) is 0. The standard InChI is InChI=1S/C18H27N/c1-15(2)14-18(12-8-5-9-13-18)19-16(3)17-10-6-4-7-11-17/h4,6-7,10-11,16,19H,1,5,8-9,12-14H2,2-3H3/t16-/m1/s1. The zero-order valence-corrected chi connectivity index (χ0v) is 12.4. The average Bonchev–Trinajstić information content (AvgIpc) is 2.39. The molecule has 0 spiro atoms. The smallest absolute Gasteiger partial charge is 0.0297 e. The Kier molecular flexibility index (Phi) is 4.81. The van der Waals surface area contributed by atoms with Gasteiger partial charge in [0.05, 0.1) is 0 Å². The molecule has 1 saturated carbocycles. The Morgan fingerprint density at radius 2 is 1.84 bits per heavy atom. The molecule has 1 nitrogen and oxygen atoms in total. The molecule has 1 aliphatic rings. The second-order valence-electron chi connectivity index (χ2n) is 6.25. The minimum Gasteiger partial charge on any atom is -0.304 e. The molecule has 1 aromatic rings.